The third kappa shape index (κ3) is 4.35. The summed E-state index contributed by atoms with van der Waals surface area (Å²) in [4.78, 5) is 6.02. The van der Waals surface area contributed by atoms with Crippen LogP contribution < -0.4 is 5.32 Å². The Hall–Kier alpha value is -0.840. The zero-order valence-corrected chi connectivity index (χ0v) is 10.6. The quantitative estimate of drug-likeness (QED) is 0.822. The van der Waals surface area contributed by atoms with Crippen molar-refractivity contribution in [2.24, 2.45) is 0 Å². The van der Waals surface area contributed by atoms with Crippen molar-refractivity contribution in [1.82, 2.24) is 9.88 Å². The number of pyridine rings is 1. The van der Waals surface area contributed by atoms with Gasteiger partial charge in [-0.3, -0.25) is 0 Å². The average Bonchev–Trinajstić information content (AvgIpc) is 2.14. The van der Waals surface area contributed by atoms with Crippen LogP contribution in [0.1, 0.15) is 6.92 Å². The minimum absolute atomic E-state index is 0.405. The van der Waals surface area contributed by atoms with E-state index in [2.05, 4.69) is 10.3 Å². The third-order valence-electron chi connectivity index (χ3n) is 2.05. The molecule has 0 radical (unpaired) electrons. The smallest absolute Gasteiger partial charge is 0.144 e. The zero-order valence-electron chi connectivity index (χ0n) is 9.87. The highest BCUT2D eigenvalue weighted by Gasteiger charge is 2.21. The number of hydrogen-bond donors (Lipinski definition) is 2. The lowest BCUT2D eigenvalue weighted by Gasteiger charge is -2.27. The Morgan fingerprint density at radius 3 is 2.81 bits per heavy atom. The Bertz CT molecular complexity index is 342. The number of hydrogen-bond acceptors (Lipinski definition) is 4. The second-order valence-electron chi connectivity index (χ2n) is 4.42. The number of likely N-dealkylation sites (N-methyl/N-ethyl adjacent to an activating group) is 1. The van der Waals surface area contributed by atoms with Gasteiger partial charge >= 0.3 is 0 Å². The van der Waals surface area contributed by atoms with E-state index in [4.69, 9.17) is 11.6 Å². The number of nitrogens with zero attached hydrogens (tertiary/aromatic N) is 2. The molecule has 0 bridgehead atoms. The van der Waals surface area contributed by atoms with Crippen LogP contribution in [0.3, 0.4) is 0 Å². The summed E-state index contributed by atoms with van der Waals surface area (Å²) in [5, 5.41) is 13.7. The molecular weight excluding hydrogens is 226 g/mol. The van der Waals surface area contributed by atoms with Crippen LogP contribution in [-0.2, 0) is 0 Å². The van der Waals surface area contributed by atoms with Crippen LogP contribution in [0.5, 0.6) is 0 Å². The first-order chi connectivity index (χ1) is 7.41. The van der Waals surface area contributed by atoms with Gasteiger partial charge in [0.25, 0.3) is 0 Å². The van der Waals surface area contributed by atoms with Crippen molar-refractivity contribution in [2.45, 2.75) is 12.5 Å². The predicted octanol–water partition coefficient (Wildman–Crippen LogP) is 1.46. The maximum atomic E-state index is 10.1. The molecule has 0 fully saturated rings. The molecule has 5 heteroatoms. The molecule has 0 saturated carbocycles. The molecule has 90 valence electrons. The van der Waals surface area contributed by atoms with Gasteiger partial charge in [0.2, 0.25) is 0 Å². The number of nitrogens with one attached hydrogen (secondary N) is 1. The van der Waals surface area contributed by atoms with Crippen molar-refractivity contribution in [1.29, 1.82) is 0 Å². The number of rotatable bonds is 5. The summed E-state index contributed by atoms with van der Waals surface area (Å²) in [6, 6.07) is 3.53. The molecule has 4 nitrogen and oxygen atoms in total. The van der Waals surface area contributed by atoms with Gasteiger partial charge in [0.15, 0.2) is 0 Å². The van der Waals surface area contributed by atoms with Crippen molar-refractivity contribution >= 4 is 17.4 Å². The largest absolute Gasteiger partial charge is 0.387 e. The van der Waals surface area contributed by atoms with Crippen LogP contribution in [0.25, 0.3) is 0 Å². The van der Waals surface area contributed by atoms with Gasteiger partial charge in [-0.25, -0.2) is 4.98 Å². The Morgan fingerprint density at radius 1 is 1.56 bits per heavy atom. The highest BCUT2D eigenvalue weighted by Crippen LogP contribution is 2.18. The molecule has 0 aliphatic rings. The van der Waals surface area contributed by atoms with E-state index in [1.807, 2.05) is 19.0 Å². The molecule has 0 amide bonds. The fourth-order valence-corrected chi connectivity index (χ4v) is 1.72. The van der Waals surface area contributed by atoms with Gasteiger partial charge in [0.05, 0.1) is 10.6 Å². The first-order valence-corrected chi connectivity index (χ1v) is 5.50. The second kappa shape index (κ2) is 5.48. The van der Waals surface area contributed by atoms with Gasteiger partial charge in [-0.05, 0) is 33.2 Å². The van der Waals surface area contributed by atoms with E-state index < -0.39 is 5.60 Å². The fraction of sp³-hybridized carbons (Fsp3) is 0.545. The van der Waals surface area contributed by atoms with Crippen molar-refractivity contribution in [3.05, 3.63) is 23.4 Å². The minimum Gasteiger partial charge on any atom is -0.387 e. The summed E-state index contributed by atoms with van der Waals surface area (Å²) >= 11 is 5.94. The van der Waals surface area contributed by atoms with E-state index in [1.54, 1.807) is 25.3 Å². The van der Waals surface area contributed by atoms with Gasteiger partial charge in [-0.15, -0.1) is 0 Å². The SMILES string of the molecule is CN(C)CC(C)(O)CNc1ncccc1Cl. The van der Waals surface area contributed by atoms with Crippen molar-refractivity contribution in [3.8, 4) is 0 Å². The van der Waals surface area contributed by atoms with Gasteiger partial charge in [-0.1, -0.05) is 11.6 Å². The maximum Gasteiger partial charge on any atom is 0.144 e. The van der Waals surface area contributed by atoms with Gasteiger partial charge < -0.3 is 15.3 Å². The van der Waals surface area contributed by atoms with Crippen molar-refractivity contribution in [3.63, 3.8) is 0 Å². The number of anilines is 1. The molecule has 1 heterocycles. The summed E-state index contributed by atoms with van der Waals surface area (Å²) in [5.74, 6) is 0.600. The molecule has 1 aromatic heterocycles. The van der Waals surface area contributed by atoms with Crippen LogP contribution in [0.4, 0.5) is 5.82 Å². The molecule has 1 rings (SSSR count). The standard InChI is InChI=1S/C11H18ClN3O/c1-11(16,8-15(2)3)7-14-10-9(12)5-4-6-13-10/h4-6,16H,7-8H2,1-3H3,(H,13,14). The fourth-order valence-electron chi connectivity index (χ4n) is 1.53. The Labute approximate surface area is 101 Å². The number of aliphatic hydroxyl groups is 1. The van der Waals surface area contributed by atoms with Crippen LogP contribution >= 0.6 is 11.6 Å². The first kappa shape index (κ1) is 13.2. The first-order valence-electron chi connectivity index (χ1n) is 5.12. The molecule has 2 N–H and O–H groups in total. The van der Waals surface area contributed by atoms with E-state index >= 15 is 0 Å². The highest BCUT2D eigenvalue weighted by atomic mass is 35.5. The van der Waals surface area contributed by atoms with E-state index in [-0.39, 0.29) is 0 Å². The highest BCUT2D eigenvalue weighted by molar-refractivity contribution is 6.32. The molecule has 1 atom stereocenters. The Kier molecular flexibility index (Phi) is 4.53. The number of halogens is 1. The molecule has 0 spiro atoms. The van der Waals surface area contributed by atoms with Crippen LogP contribution in [0.15, 0.2) is 18.3 Å². The zero-order chi connectivity index (χ0) is 12.2. The Balaban J connectivity index is 2.54. The van der Waals surface area contributed by atoms with Crippen LogP contribution in [0, 0.1) is 0 Å². The molecule has 0 aliphatic heterocycles. The topological polar surface area (TPSA) is 48.4 Å². The van der Waals surface area contributed by atoms with E-state index in [1.165, 1.54) is 0 Å². The molecular formula is C11H18ClN3O. The average molecular weight is 244 g/mol. The maximum absolute atomic E-state index is 10.1. The van der Waals surface area contributed by atoms with Gasteiger partial charge in [-0.2, -0.15) is 0 Å². The molecule has 0 aliphatic carbocycles. The normalized spacial score (nSPS) is 14.9. The molecule has 1 aromatic rings. The molecule has 1 unspecified atom stereocenters. The third-order valence-corrected chi connectivity index (χ3v) is 2.36. The monoisotopic (exact) mass is 243 g/mol. The minimum atomic E-state index is -0.815. The lowest BCUT2D eigenvalue weighted by atomic mass is 10.1. The summed E-state index contributed by atoms with van der Waals surface area (Å²) in [6.45, 7) is 2.75. The summed E-state index contributed by atoms with van der Waals surface area (Å²) in [6.07, 6.45) is 1.66. The summed E-state index contributed by atoms with van der Waals surface area (Å²) in [5.41, 5.74) is -0.815. The van der Waals surface area contributed by atoms with Crippen LogP contribution in [-0.4, -0.2) is 47.8 Å². The lowest BCUT2D eigenvalue weighted by molar-refractivity contribution is 0.0459. The summed E-state index contributed by atoms with van der Waals surface area (Å²) < 4.78 is 0. The summed E-state index contributed by atoms with van der Waals surface area (Å²) in [7, 11) is 3.84. The Morgan fingerprint density at radius 2 is 2.25 bits per heavy atom. The molecule has 0 aromatic carbocycles. The van der Waals surface area contributed by atoms with Crippen molar-refractivity contribution < 1.29 is 5.11 Å². The van der Waals surface area contributed by atoms with E-state index in [9.17, 15) is 5.11 Å². The van der Waals surface area contributed by atoms with Crippen LogP contribution in [0.2, 0.25) is 5.02 Å². The van der Waals surface area contributed by atoms with Gasteiger partial charge in [0.1, 0.15) is 5.82 Å². The molecule has 16 heavy (non-hydrogen) atoms. The van der Waals surface area contributed by atoms with E-state index in [0.717, 1.165) is 0 Å². The number of aromatic nitrogens is 1. The molecule has 0 saturated heterocycles. The predicted molar refractivity (Wildman–Crippen MR) is 66.9 cm³/mol. The van der Waals surface area contributed by atoms with Gasteiger partial charge in [0, 0.05) is 19.3 Å². The van der Waals surface area contributed by atoms with E-state index in [0.29, 0.717) is 23.9 Å². The second-order valence-corrected chi connectivity index (χ2v) is 4.83. The van der Waals surface area contributed by atoms with Crippen molar-refractivity contribution in [2.75, 3.05) is 32.5 Å². The lowest BCUT2D eigenvalue weighted by Crippen LogP contribution is -2.43.